The number of aromatic nitrogens is 1. The summed E-state index contributed by atoms with van der Waals surface area (Å²) in [5.74, 6) is 0.632. The van der Waals surface area contributed by atoms with E-state index in [1.807, 2.05) is 4.90 Å². The van der Waals surface area contributed by atoms with Crippen LogP contribution in [0.4, 0.5) is 11.5 Å². The normalized spacial score (nSPS) is 10.2. The van der Waals surface area contributed by atoms with Crippen LogP contribution in [0.3, 0.4) is 0 Å². The molecule has 0 saturated heterocycles. The summed E-state index contributed by atoms with van der Waals surface area (Å²) in [4.78, 5) is 6.28. The second-order valence-electron chi connectivity index (χ2n) is 4.03. The van der Waals surface area contributed by atoms with Crippen molar-refractivity contribution < 1.29 is 9.47 Å². The molecule has 0 radical (unpaired) electrons. The topological polar surface area (TPSA) is 84.4 Å². The summed E-state index contributed by atoms with van der Waals surface area (Å²) in [7, 11) is 3.32. The number of ether oxygens (including phenoxy) is 2. The van der Waals surface area contributed by atoms with Gasteiger partial charge in [-0.25, -0.2) is 4.98 Å². The molecule has 6 nitrogen and oxygen atoms in total. The first kappa shape index (κ1) is 15.2. The van der Waals surface area contributed by atoms with Crippen molar-refractivity contribution in [3.8, 4) is 6.07 Å². The predicted octanol–water partition coefficient (Wildman–Crippen LogP) is 1.02. The van der Waals surface area contributed by atoms with E-state index in [0.29, 0.717) is 36.8 Å². The molecule has 0 aromatic carbocycles. The average Bonchev–Trinajstić information content (AvgIpc) is 2.43. The monoisotopic (exact) mass is 264 g/mol. The van der Waals surface area contributed by atoms with Crippen molar-refractivity contribution in [2.24, 2.45) is 0 Å². The molecule has 0 unspecified atom stereocenters. The first-order valence-electron chi connectivity index (χ1n) is 6.12. The zero-order valence-corrected chi connectivity index (χ0v) is 11.4. The fourth-order valence-electron chi connectivity index (χ4n) is 1.74. The summed E-state index contributed by atoms with van der Waals surface area (Å²) >= 11 is 0. The lowest BCUT2D eigenvalue weighted by atomic mass is 10.2. The van der Waals surface area contributed by atoms with Crippen molar-refractivity contribution in [1.82, 2.24) is 4.98 Å². The van der Waals surface area contributed by atoms with Gasteiger partial charge in [0.25, 0.3) is 0 Å². The van der Waals surface area contributed by atoms with Crippen LogP contribution >= 0.6 is 0 Å². The van der Waals surface area contributed by atoms with Crippen LogP contribution in [0.1, 0.15) is 12.0 Å². The number of pyridine rings is 1. The van der Waals surface area contributed by atoms with Crippen LogP contribution in [0.2, 0.25) is 0 Å². The molecule has 0 atom stereocenters. The van der Waals surface area contributed by atoms with Crippen LogP contribution in [-0.2, 0) is 9.47 Å². The lowest BCUT2D eigenvalue weighted by Gasteiger charge is -2.24. The summed E-state index contributed by atoms with van der Waals surface area (Å²) in [6.07, 6.45) is 2.46. The minimum atomic E-state index is 0.415. The van der Waals surface area contributed by atoms with E-state index in [4.69, 9.17) is 20.5 Å². The summed E-state index contributed by atoms with van der Waals surface area (Å²) in [6, 6.07) is 3.68. The van der Waals surface area contributed by atoms with Gasteiger partial charge < -0.3 is 20.1 Å². The van der Waals surface area contributed by atoms with E-state index in [0.717, 1.165) is 13.0 Å². The summed E-state index contributed by atoms with van der Waals surface area (Å²) in [5.41, 5.74) is 6.83. The highest BCUT2D eigenvalue weighted by Gasteiger charge is 2.13. The molecule has 0 aliphatic rings. The van der Waals surface area contributed by atoms with Gasteiger partial charge in [-0.05, 0) is 12.5 Å². The maximum Gasteiger partial charge on any atom is 0.153 e. The van der Waals surface area contributed by atoms with E-state index in [9.17, 15) is 0 Å². The molecule has 1 heterocycles. The van der Waals surface area contributed by atoms with Gasteiger partial charge in [0, 0.05) is 40.1 Å². The quantitative estimate of drug-likeness (QED) is 0.706. The molecule has 0 aliphatic carbocycles. The smallest absolute Gasteiger partial charge is 0.153 e. The van der Waals surface area contributed by atoms with Crippen molar-refractivity contribution >= 4 is 11.5 Å². The Kier molecular flexibility index (Phi) is 6.64. The maximum atomic E-state index is 8.99. The van der Waals surface area contributed by atoms with Crippen molar-refractivity contribution in [2.45, 2.75) is 6.42 Å². The Bertz CT molecular complexity index is 431. The van der Waals surface area contributed by atoms with E-state index in [1.54, 1.807) is 26.5 Å². The molecule has 0 bridgehead atoms. The minimum Gasteiger partial charge on any atom is -0.395 e. The highest BCUT2D eigenvalue weighted by molar-refractivity contribution is 5.69. The molecule has 1 aromatic rings. The first-order valence-corrected chi connectivity index (χ1v) is 6.12. The third-order valence-electron chi connectivity index (χ3n) is 2.73. The van der Waals surface area contributed by atoms with Gasteiger partial charge in [0.15, 0.2) is 5.82 Å². The van der Waals surface area contributed by atoms with Gasteiger partial charge in [0.05, 0.1) is 17.9 Å². The van der Waals surface area contributed by atoms with Gasteiger partial charge in [0.1, 0.15) is 6.07 Å². The number of rotatable bonds is 8. The van der Waals surface area contributed by atoms with Crippen molar-refractivity contribution in [3.05, 3.63) is 17.8 Å². The number of nitrogens with zero attached hydrogens (tertiary/aromatic N) is 3. The Hall–Kier alpha value is -1.84. The third kappa shape index (κ3) is 4.39. The number of hydrogen-bond acceptors (Lipinski definition) is 6. The second-order valence-corrected chi connectivity index (χ2v) is 4.03. The summed E-state index contributed by atoms with van der Waals surface area (Å²) < 4.78 is 10.1. The standard InChI is InChI=1S/C13H20N4O2/c1-18-8-3-6-17(7-9-19-2)13-12(15)11(10-14)4-5-16-13/h4-5H,3,6-9,15H2,1-2H3. The molecule has 0 aliphatic heterocycles. The van der Waals surface area contributed by atoms with Crippen LogP contribution in [0.15, 0.2) is 12.3 Å². The van der Waals surface area contributed by atoms with Crippen molar-refractivity contribution in [1.29, 1.82) is 5.26 Å². The van der Waals surface area contributed by atoms with Crippen LogP contribution < -0.4 is 10.6 Å². The number of nitrogen functional groups attached to an aromatic ring is 1. The van der Waals surface area contributed by atoms with Gasteiger partial charge in [-0.1, -0.05) is 0 Å². The van der Waals surface area contributed by atoms with Crippen molar-refractivity contribution in [2.75, 3.05) is 51.2 Å². The number of methoxy groups -OCH3 is 2. The molecule has 1 rings (SSSR count). The van der Waals surface area contributed by atoms with Crippen LogP contribution in [0.5, 0.6) is 0 Å². The van der Waals surface area contributed by atoms with E-state index >= 15 is 0 Å². The number of hydrogen-bond donors (Lipinski definition) is 1. The molecule has 0 fully saturated rings. The molecular weight excluding hydrogens is 244 g/mol. The maximum absolute atomic E-state index is 8.99. The van der Waals surface area contributed by atoms with Crippen LogP contribution in [0, 0.1) is 11.3 Å². The Labute approximate surface area is 113 Å². The van der Waals surface area contributed by atoms with E-state index in [1.165, 1.54) is 0 Å². The molecule has 19 heavy (non-hydrogen) atoms. The molecular formula is C13H20N4O2. The minimum absolute atomic E-state index is 0.415. The molecule has 2 N–H and O–H groups in total. The fraction of sp³-hybridized carbons (Fsp3) is 0.538. The molecule has 0 amide bonds. The van der Waals surface area contributed by atoms with Gasteiger partial charge >= 0.3 is 0 Å². The Balaban J connectivity index is 2.86. The Morgan fingerprint density at radius 1 is 1.32 bits per heavy atom. The Morgan fingerprint density at radius 2 is 2.05 bits per heavy atom. The van der Waals surface area contributed by atoms with Gasteiger partial charge in [-0.15, -0.1) is 0 Å². The number of nitriles is 1. The average molecular weight is 264 g/mol. The summed E-state index contributed by atoms with van der Waals surface area (Å²) in [5, 5.41) is 8.99. The molecule has 1 aromatic heterocycles. The second kappa shape index (κ2) is 8.29. The lowest BCUT2D eigenvalue weighted by molar-refractivity contribution is 0.191. The molecule has 0 saturated carbocycles. The van der Waals surface area contributed by atoms with E-state index in [-0.39, 0.29) is 0 Å². The van der Waals surface area contributed by atoms with Gasteiger partial charge in [0.2, 0.25) is 0 Å². The molecule has 104 valence electrons. The molecule has 0 spiro atoms. The number of nitrogens with two attached hydrogens (primary N) is 1. The summed E-state index contributed by atoms with van der Waals surface area (Å²) in [6.45, 7) is 2.67. The van der Waals surface area contributed by atoms with Gasteiger partial charge in [-0.2, -0.15) is 5.26 Å². The number of anilines is 2. The van der Waals surface area contributed by atoms with Crippen molar-refractivity contribution in [3.63, 3.8) is 0 Å². The fourth-order valence-corrected chi connectivity index (χ4v) is 1.74. The zero-order chi connectivity index (χ0) is 14.1. The van der Waals surface area contributed by atoms with E-state index < -0.39 is 0 Å². The highest BCUT2D eigenvalue weighted by Crippen LogP contribution is 2.23. The van der Waals surface area contributed by atoms with E-state index in [2.05, 4.69) is 11.1 Å². The zero-order valence-electron chi connectivity index (χ0n) is 11.4. The third-order valence-corrected chi connectivity index (χ3v) is 2.73. The lowest BCUT2D eigenvalue weighted by Crippen LogP contribution is -2.30. The van der Waals surface area contributed by atoms with Crippen LogP contribution in [0.25, 0.3) is 0 Å². The SMILES string of the molecule is COCCCN(CCOC)c1nccc(C#N)c1N. The first-order chi connectivity index (χ1) is 9.24. The predicted molar refractivity (Wildman–Crippen MR) is 73.9 cm³/mol. The highest BCUT2D eigenvalue weighted by atomic mass is 16.5. The largest absolute Gasteiger partial charge is 0.395 e. The Morgan fingerprint density at radius 3 is 2.68 bits per heavy atom. The molecule has 6 heteroatoms. The van der Waals surface area contributed by atoms with Gasteiger partial charge in [-0.3, -0.25) is 0 Å². The van der Waals surface area contributed by atoms with Crippen LogP contribution in [-0.4, -0.2) is 45.5 Å².